The van der Waals surface area contributed by atoms with Gasteiger partial charge in [0, 0.05) is 6.07 Å². The molecule has 0 spiro atoms. The highest BCUT2D eigenvalue weighted by Gasteiger charge is 2.07. The molecule has 0 saturated carbocycles. The van der Waals surface area contributed by atoms with Crippen molar-refractivity contribution in [1.82, 2.24) is 4.98 Å². The Morgan fingerprint density at radius 1 is 1.11 bits per heavy atom. The first kappa shape index (κ1) is 12.3. The largest absolute Gasteiger partial charge is 0.481 e. The van der Waals surface area contributed by atoms with E-state index in [9.17, 15) is 8.78 Å². The van der Waals surface area contributed by atoms with Crippen molar-refractivity contribution in [3.05, 3.63) is 53.7 Å². The summed E-state index contributed by atoms with van der Waals surface area (Å²) < 4.78 is 31.7. The van der Waals surface area contributed by atoms with Crippen LogP contribution in [0, 0.1) is 11.6 Å². The highest BCUT2D eigenvalue weighted by Crippen LogP contribution is 2.18. The van der Waals surface area contributed by atoms with Gasteiger partial charge in [0.2, 0.25) is 5.88 Å². The zero-order chi connectivity index (χ0) is 13.0. The third kappa shape index (κ3) is 2.74. The lowest BCUT2D eigenvalue weighted by Crippen LogP contribution is -2.05. The van der Waals surface area contributed by atoms with Crippen molar-refractivity contribution in [2.45, 2.75) is 6.54 Å². The number of ether oxygens (including phenoxy) is 1. The maximum atomic E-state index is 13.4. The lowest BCUT2D eigenvalue weighted by atomic mass is 10.2. The standard InChI is InChI=1S/C13H12F2N2O/c1-18-12-7-2-4-9(17-12)8-16-13-10(14)5-3-6-11(13)15/h2-7,16H,8H2,1H3. The van der Waals surface area contributed by atoms with E-state index in [0.717, 1.165) is 0 Å². The number of aromatic nitrogens is 1. The van der Waals surface area contributed by atoms with E-state index in [1.165, 1.54) is 25.3 Å². The zero-order valence-electron chi connectivity index (χ0n) is 9.78. The number of benzene rings is 1. The quantitative estimate of drug-likeness (QED) is 0.905. The summed E-state index contributed by atoms with van der Waals surface area (Å²) in [5.74, 6) is -0.793. The van der Waals surface area contributed by atoms with Crippen LogP contribution < -0.4 is 10.1 Å². The van der Waals surface area contributed by atoms with Gasteiger partial charge in [-0.3, -0.25) is 0 Å². The molecule has 3 nitrogen and oxygen atoms in total. The van der Waals surface area contributed by atoms with Crippen LogP contribution in [0.1, 0.15) is 5.69 Å². The van der Waals surface area contributed by atoms with E-state index < -0.39 is 11.6 Å². The molecule has 2 rings (SSSR count). The van der Waals surface area contributed by atoms with Gasteiger partial charge in [0.25, 0.3) is 0 Å². The predicted octanol–water partition coefficient (Wildman–Crippen LogP) is 2.98. The zero-order valence-corrected chi connectivity index (χ0v) is 9.78. The van der Waals surface area contributed by atoms with Gasteiger partial charge in [0.05, 0.1) is 19.3 Å². The molecule has 0 aliphatic carbocycles. The van der Waals surface area contributed by atoms with Crippen LogP contribution in [0.5, 0.6) is 5.88 Å². The van der Waals surface area contributed by atoms with E-state index in [1.807, 2.05) is 0 Å². The van der Waals surface area contributed by atoms with Crippen LogP contribution >= 0.6 is 0 Å². The van der Waals surface area contributed by atoms with Crippen molar-refractivity contribution < 1.29 is 13.5 Å². The minimum absolute atomic E-state index is 0.151. The number of nitrogens with one attached hydrogen (secondary N) is 1. The van der Waals surface area contributed by atoms with Crippen molar-refractivity contribution in [3.63, 3.8) is 0 Å². The van der Waals surface area contributed by atoms with E-state index in [-0.39, 0.29) is 12.2 Å². The van der Waals surface area contributed by atoms with Crippen LogP contribution in [0.4, 0.5) is 14.5 Å². The molecule has 2 aromatic rings. The van der Waals surface area contributed by atoms with Gasteiger partial charge < -0.3 is 10.1 Å². The Balaban J connectivity index is 2.11. The Bertz CT molecular complexity index is 526. The summed E-state index contributed by atoms with van der Waals surface area (Å²) in [5.41, 5.74) is 0.485. The van der Waals surface area contributed by atoms with Gasteiger partial charge in [-0.2, -0.15) is 0 Å². The summed E-state index contributed by atoms with van der Waals surface area (Å²) >= 11 is 0. The molecule has 0 bridgehead atoms. The van der Waals surface area contributed by atoms with Crippen LogP contribution in [-0.2, 0) is 6.54 Å². The summed E-state index contributed by atoms with van der Waals surface area (Å²) in [5, 5.41) is 2.68. The normalized spacial score (nSPS) is 10.2. The molecule has 1 aromatic heterocycles. The first-order chi connectivity index (χ1) is 8.70. The van der Waals surface area contributed by atoms with Crippen LogP contribution in [0.25, 0.3) is 0 Å². The summed E-state index contributed by atoms with van der Waals surface area (Å²) in [6.07, 6.45) is 0. The van der Waals surface area contributed by atoms with Gasteiger partial charge in [-0.25, -0.2) is 13.8 Å². The summed E-state index contributed by atoms with van der Waals surface area (Å²) in [4.78, 5) is 4.14. The lowest BCUT2D eigenvalue weighted by Gasteiger charge is -2.08. The Morgan fingerprint density at radius 2 is 1.78 bits per heavy atom. The van der Waals surface area contributed by atoms with Crippen LogP contribution in [-0.4, -0.2) is 12.1 Å². The molecule has 1 N–H and O–H groups in total. The fraction of sp³-hybridized carbons (Fsp3) is 0.154. The van der Waals surface area contributed by atoms with E-state index in [0.29, 0.717) is 11.6 Å². The average Bonchev–Trinajstić information content (AvgIpc) is 2.38. The topological polar surface area (TPSA) is 34.1 Å². The second kappa shape index (κ2) is 5.44. The second-order valence-corrected chi connectivity index (χ2v) is 3.62. The van der Waals surface area contributed by atoms with E-state index in [1.54, 1.807) is 18.2 Å². The molecule has 0 aliphatic rings. The number of pyridine rings is 1. The third-order valence-electron chi connectivity index (χ3n) is 2.40. The third-order valence-corrected chi connectivity index (χ3v) is 2.40. The number of methoxy groups -OCH3 is 1. The predicted molar refractivity (Wildman–Crippen MR) is 64.5 cm³/mol. The van der Waals surface area contributed by atoms with Gasteiger partial charge in [-0.1, -0.05) is 12.1 Å². The molecule has 94 valence electrons. The first-order valence-corrected chi connectivity index (χ1v) is 5.38. The van der Waals surface area contributed by atoms with E-state index >= 15 is 0 Å². The summed E-state index contributed by atoms with van der Waals surface area (Å²) in [7, 11) is 1.51. The Kier molecular flexibility index (Phi) is 3.72. The van der Waals surface area contributed by atoms with Crippen molar-refractivity contribution >= 4 is 5.69 Å². The van der Waals surface area contributed by atoms with Gasteiger partial charge in [-0.05, 0) is 18.2 Å². The van der Waals surface area contributed by atoms with E-state index in [2.05, 4.69) is 10.3 Å². The van der Waals surface area contributed by atoms with E-state index in [4.69, 9.17) is 4.74 Å². The Morgan fingerprint density at radius 3 is 2.44 bits per heavy atom. The number of para-hydroxylation sites is 1. The monoisotopic (exact) mass is 250 g/mol. The van der Waals surface area contributed by atoms with Crippen LogP contribution in [0.2, 0.25) is 0 Å². The molecule has 0 fully saturated rings. The molecular formula is C13H12F2N2O. The fourth-order valence-electron chi connectivity index (χ4n) is 1.52. The molecule has 1 heterocycles. The smallest absolute Gasteiger partial charge is 0.213 e. The lowest BCUT2D eigenvalue weighted by molar-refractivity contribution is 0.396. The SMILES string of the molecule is COc1cccc(CNc2c(F)cccc2F)n1. The van der Waals surface area contributed by atoms with Crippen molar-refractivity contribution in [2.24, 2.45) is 0 Å². The number of rotatable bonds is 4. The van der Waals surface area contributed by atoms with Gasteiger partial charge in [-0.15, -0.1) is 0 Å². The number of anilines is 1. The second-order valence-electron chi connectivity index (χ2n) is 3.62. The Hall–Kier alpha value is -2.17. The molecule has 0 unspecified atom stereocenters. The minimum Gasteiger partial charge on any atom is -0.481 e. The van der Waals surface area contributed by atoms with Crippen LogP contribution in [0.15, 0.2) is 36.4 Å². The molecule has 1 aromatic carbocycles. The highest BCUT2D eigenvalue weighted by atomic mass is 19.1. The summed E-state index contributed by atoms with van der Waals surface area (Å²) in [6.45, 7) is 0.217. The number of hydrogen-bond donors (Lipinski definition) is 1. The number of hydrogen-bond acceptors (Lipinski definition) is 3. The maximum absolute atomic E-state index is 13.4. The molecule has 0 atom stereocenters. The minimum atomic E-state index is -0.627. The van der Waals surface area contributed by atoms with Crippen molar-refractivity contribution in [2.75, 3.05) is 12.4 Å². The van der Waals surface area contributed by atoms with Gasteiger partial charge >= 0.3 is 0 Å². The molecular weight excluding hydrogens is 238 g/mol. The maximum Gasteiger partial charge on any atom is 0.213 e. The van der Waals surface area contributed by atoms with Crippen molar-refractivity contribution in [3.8, 4) is 5.88 Å². The molecule has 0 aliphatic heterocycles. The van der Waals surface area contributed by atoms with Crippen LogP contribution in [0.3, 0.4) is 0 Å². The van der Waals surface area contributed by atoms with Gasteiger partial charge in [0.15, 0.2) is 0 Å². The number of nitrogens with zero attached hydrogens (tertiary/aromatic N) is 1. The molecule has 18 heavy (non-hydrogen) atoms. The van der Waals surface area contributed by atoms with Crippen molar-refractivity contribution in [1.29, 1.82) is 0 Å². The first-order valence-electron chi connectivity index (χ1n) is 5.38. The molecule has 5 heteroatoms. The molecule has 0 amide bonds. The molecule has 0 saturated heterocycles. The fourth-order valence-corrected chi connectivity index (χ4v) is 1.52. The highest BCUT2D eigenvalue weighted by molar-refractivity contribution is 5.46. The summed E-state index contributed by atoms with van der Waals surface area (Å²) in [6, 6.07) is 8.93. The molecule has 0 radical (unpaired) electrons. The average molecular weight is 250 g/mol. The Labute approximate surface area is 103 Å². The number of halogens is 2. The van der Waals surface area contributed by atoms with Gasteiger partial charge in [0.1, 0.15) is 17.3 Å².